The Labute approximate surface area is 233 Å². The molecular formula is C36H20ClNS. The molecule has 0 bridgehead atoms. The fourth-order valence-corrected chi connectivity index (χ4v) is 8.05. The van der Waals surface area contributed by atoms with Crippen molar-refractivity contribution < 1.29 is 0 Å². The quantitative estimate of drug-likeness (QED) is 0.208. The lowest BCUT2D eigenvalue weighted by atomic mass is 9.95. The molecule has 0 saturated heterocycles. The average Bonchev–Trinajstić information content (AvgIpc) is 3.49. The molecule has 3 aromatic heterocycles. The van der Waals surface area contributed by atoms with Crippen LogP contribution in [-0.2, 0) is 0 Å². The summed E-state index contributed by atoms with van der Waals surface area (Å²) in [5.41, 5.74) is 8.62. The lowest BCUT2D eigenvalue weighted by Crippen LogP contribution is -1.86. The molecule has 0 saturated carbocycles. The van der Waals surface area contributed by atoms with Crippen molar-refractivity contribution in [2.75, 3.05) is 0 Å². The lowest BCUT2D eigenvalue weighted by molar-refractivity contribution is 1.36. The number of nitrogens with zero attached hydrogens (tertiary/aromatic N) is 1. The van der Waals surface area contributed by atoms with Crippen LogP contribution < -0.4 is 0 Å². The van der Waals surface area contributed by atoms with E-state index >= 15 is 0 Å². The minimum Gasteiger partial charge on any atom is -0.308 e. The van der Waals surface area contributed by atoms with Gasteiger partial charge in [0, 0.05) is 41.4 Å². The van der Waals surface area contributed by atoms with Crippen LogP contribution >= 0.6 is 22.9 Å². The van der Waals surface area contributed by atoms with Gasteiger partial charge in [-0.1, -0.05) is 103 Å². The summed E-state index contributed by atoms with van der Waals surface area (Å²) in [7, 11) is 0. The number of benzene rings is 6. The third-order valence-electron chi connectivity index (χ3n) is 8.17. The first kappa shape index (κ1) is 21.6. The first-order chi connectivity index (χ1) is 19.3. The maximum atomic E-state index is 6.76. The van der Waals surface area contributed by atoms with E-state index in [1.807, 2.05) is 11.3 Å². The van der Waals surface area contributed by atoms with Gasteiger partial charge in [-0.15, -0.1) is 11.3 Å². The maximum absolute atomic E-state index is 6.76. The zero-order valence-electron chi connectivity index (χ0n) is 20.8. The van der Waals surface area contributed by atoms with Crippen molar-refractivity contribution >= 4 is 81.2 Å². The molecule has 1 nitrogen and oxygen atoms in total. The van der Waals surface area contributed by atoms with E-state index in [-0.39, 0.29) is 0 Å². The third kappa shape index (κ3) is 2.90. The van der Waals surface area contributed by atoms with Crippen molar-refractivity contribution in [2.45, 2.75) is 0 Å². The molecule has 0 unspecified atom stereocenters. The molecule has 0 aliphatic carbocycles. The van der Waals surface area contributed by atoms with Crippen molar-refractivity contribution in [3.8, 4) is 22.3 Å². The fraction of sp³-hybridized carbons (Fsp3) is 0. The van der Waals surface area contributed by atoms with Crippen LogP contribution in [0.2, 0.25) is 5.02 Å². The monoisotopic (exact) mass is 533 g/mol. The summed E-state index contributed by atoms with van der Waals surface area (Å²) in [6.45, 7) is 0. The predicted octanol–water partition coefficient (Wildman–Crippen LogP) is 11.2. The molecule has 182 valence electrons. The Balaban J connectivity index is 1.61. The summed E-state index contributed by atoms with van der Waals surface area (Å²) < 4.78 is 5.04. The molecule has 0 N–H and O–H groups in total. The number of hydrogen-bond acceptors (Lipinski definition) is 1. The van der Waals surface area contributed by atoms with Crippen molar-refractivity contribution in [1.29, 1.82) is 0 Å². The molecule has 0 atom stereocenters. The molecule has 0 aliphatic rings. The summed E-state index contributed by atoms with van der Waals surface area (Å²) in [6, 6.07) is 44.0. The Morgan fingerprint density at radius 1 is 0.487 bits per heavy atom. The van der Waals surface area contributed by atoms with Gasteiger partial charge in [-0.3, -0.25) is 0 Å². The van der Waals surface area contributed by atoms with Crippen LogP contribution in [0.15, 0.2) is 121 Å². The van der Waals surface area contributed by atoms with Crippen LogP contribution in [0.25, 0.3) is 80.5 Å². The number of fused-ring (bicyclic) bond motifs is 5. The molecular weight excluding hydrogens is 514 g/mol. The Hall–Kier alpha value is -4.37. The van der Waals surface area contributed by atoms with Gasteiger partial charge in [0.2, 0.25) is 0 Å². The standard InChI is InChI=1S/C36H20ClNS/c37-24-19-28-26-17-16-25(22-10-5-2-6-11-22)33-27-15-14-23(21-8-3-1-4-9-21)18-30(27)38(36(26)33)29-12-7-13-31-35(29)34(28)32(20-24)39-31/h1-20H. The van der Waals surface area contributed by atoms with Gasteiger partial charge < -0.3 is 4.40 Å². The minimum atomic E-state index is 0.779. The van der Waals surface area contributed by atoms with E-state index in [9.17, 15) is 0 Å². The van der Waals surface area contributed by atoms with Crippen LogP contribution in [0.4, 0.5) is 0 Å². The molecule has 9 rings (SSSR count). The highest BCUT2D eigenvalue weighted by atomic mass is 35.5. The van der Waals surface area contributed by atoms with Gasteiger partial charge in [-0.25, -0.2) is 0 Å². The van der Waals surface area contributed by atoms with E-state index < -0.39 is 0 Å². The Bertz CT molecular complexity index is 2380. The normalized spacial score (nSPS) is 12.2. The number of rotatable bonds is 2. The smallest absolute Gasteiger partial charge is 0.0626 e. The molecule has 0 amide bonds. The highest BCUT2D eigenvalue weighted by Gasteiger charge is 2.22. The lowest BCUT2D eigenvalue weighted by Gasteiger charge is -2.07. The van der Waals surface area contributed by atoms with Gasteiger partial charge in [0.1, 0.15) is 0 Å². The zero-order valence-corrected chi connectivity index (χ0v) is 22.4. The Morgan fingerprint density at radius 2 is 1.26 bits per heavy atom. The third-order valence-corrected chi connectivity index (χ3v) is 9.49. The first-order valence-electron chi connectivity index (χ1n) is 13.1. The summed E-state index contributed by atoms with van der Waals surface area (Å²) in [4.78, 5) is 0. The molecule has 0 spiro atoms. The second-order valence-corrected chi connectivity index (χ2v) is 11.8. The van der Waals surface area contributed by atoms with Crippen molar-refractivity contribution in [1.82, 2.24) is 4.40 Å². The van der Waals surface area contributed by atoms with E-state index in [4.69, 9.17) is 11.6 Å². The minimum absolute atomic E-state index is 0.779. The maximum Gasteiger partial charge on any atom is 0.0626 e. The second kappa shape index (κ2) is 7.83. The van der Waals surface area contributed by atoms with Crippen LogP contribution in [0, 0.1) is 0 Å². The van der Waals surface area contributed by atoms with Crippen LogP contribution in [0.5, 0.6) is 0 Å². The SMILES string of the molecule is Clc1cc2sc3cccc4c3c2c(c1)c1ccc(-c2ccccc2)c2c3ccc(-c5ccccc5)cc3n4c12. The highest BCUT2D eigenvalue weighted by molar-refractivity contribution is 7.26. The predicted molar refractivity (Wildman–Crippen MR) is 170 cm³/mol. The Morgan fingerprint density at radius 3 is 2.08 bits per heavy atom. The summed E-state index contributed by atoms with van der Waals surface area (Å²) in [5.74, 6) is 0. The summed E-state index contributed by atoms with van der Waals surface area (Å²) in [5, 5.41) is 8.38. The second-order valence-electron chi connectivity index (χ2n) is 10.3. The molecule has 39 heavy (non-hydrogen) atoms. The van der Waals surface area contributed by atoms with E-state index in [0.717, 1.165) is 5.02 Å². The van der Waals surface area contributed by atoms with Gasteiger partial charge in [0.25, 0.3) is 0 Å². The molecule has 0 aliphatic heterocycles. The van der Waals surface area contributed by atoms with E-state index in [0.29, 0.717) is 0 Å². The zero-order chi connectivity index (χ0) is 25.7. The van der Waals surface area contributed by atoms with E-state index in [1.54, 1.807) is 0 Å². The molecule has 0 radical (unpaired) electrons. The average molecular weight is 534 g/mol. The molecule has 9 aromatic rings. The molecule has 3 heterocycles. The molecule has 0 fully saturated rings. The first-order valence-corrected chi connectivity index (χ1v) is 14.3. The highest BCUT2D eigenvalue weighted by Crippen LogP contribution is 2.48. The topological polar surface area (TPSA) is 4.41 Å². The summed E-state index contributed by atoms with van der Waals surface area (Å²) >= 11 is 8.59. The van der Waals surface area contributed by atoms with Gasteiger partial charge in [-0.05, 0) is 58.0 Å². The van der Waals surface area contributed by atoms with Crippen LogP contribution in [-0.4, -0.2) is 4.40 Å². The van der Waals surface area contributed by atoms with Crippen molar-refractivity contribution in [3.63, 3.8) is 0 Å². The van der Waals surface area contributed by atoms with E-state index in [2.05, 4.69) is 126 Å². The van der Waals surface area contributed by atoms with Gasteiger partial charge >= 0.3 is 0 Å². The van der Waals surface area contributed by atoms with Crippen molar-refractivity contribution in [3.05, 3.63) is 126 Å². The van der Waals surface area contributed by atoms with Gasteiger partial charge in [0.15, 0.2) is 0 Å². The number of thiophene rings is 1. The number of hydrogen-bond donors (Lipinski definition) is 0. The van der Waals surface area contributed by atoms with Gasteiger partial charge in [0.05, 0.1) is 16.6 Å². The van der Waals surface area contributed by atoms with Crippen LogP contribution in [0.1, 0.15) is 0 Å². The van der Waals surface area contributed by atoms with E-state index in [1.165, 1.54) is 80.5 Å². The van der Waals surface area contributed by atoms with Crippen molar-refractivity contribution in [2.24, 2.45) is 0 Å². The molecule has 6 aromatic carbocycles. The number of aromatic nitrogens is 1. The fourth-order valence-electron chi connectivity index (χ4n) is 6.57. The van der Waals surface area contributed by atoms with Gasteiger partial charge in [-0.2, -0.15) is 0 Å². The Kier molecular flexibility index (Phi) is 4.33. The summed E-state index contributed by atoms with van der Waals surface area (Å²) in [6.07, 6.45) is 0. The largest absolute Gasteiger partial charge is 0.308 e. The number of halogens is 1. The molecule has 3 heteroatoms. The van der Waals surface area contributed by atoms with Crippen LogP contribution in [0.3, 0.4) is 0 Å².